The summed E-state index contributed by atoms with van der Waals surface area (Å²) in [5.41, 5.74) is 10.4. The van der Waals surface area contributed by atoms with Gasteiger partial charge in [0.2, 0.25) is 11.8 Å². The van der Waals surface area contributed by atoms with Crippen LogP contribution in [0.3, 0.4) is 0 Å². The predicted octanol–water partition coefficient (Wildman–Crippen LogP) is 5.00. The molecule has 2 N–H and O–H groups in total. The highest BCUT2D eigenvalue weighted by Crippen LogP contribution is 2.33. The molecular weight excluding hydrogens is 470 g/mol. The van der Waals surface area contributed by atoms with Gasteiger partial charge in [0.05, 0.1) is 6.04 Å². The monoisotopic (exact) mass is 503 g/mol. The second-order valence-electron chi connectivity index (χ2n) is 9.80. The largest absolute Gasteiger partial charge is 0.368 e. The second kappa shape index (κ2) is 11.9. The van der Waals surface area contributed by atoms with Crippen LogP contribution in [0.15, 0.2) is 121 Å². The topological polar surface area (TPSA) is 66.6 Å². The number of hydrogen-bond acceptors (Lipinski definition) is 3. The number of nitrogens with two attached hydrogens (primary N) is 1. The van der Waals surface area contributed by atoms with E-state index in [1.807, 2.05) is 72.8 Å². The van der Waals surface area contributed by atoms with Crippen molar-refractivity contribution in [2.45, 2.75) is 24.4 Å². The van der Waals surface area contributed by atoms with Crippen molar-refractivity contribution in [2.24, 2.45) is 5.73 Å². The van der Waals surface area contributed by atoms with E-state index in [0.29, 0.717) is 19.6 Å². The van der Waals surface area contributed by atoms with Gasteiger partial charge >= 0.3 is 0 Å². The summed E-state index contributed by atoms with van der Waals surface area (Å²) in [5.74, 6) is -0.626. The summed E-state index contributed by atoms with van der Waals surface area (Å²) in [7, 11) is 0. The Morgan fingerprint density at radius 2 is 1.08 bits per heavy atom. The van der Waals surface area contributed by atoms with Gasteiger partial charge in [0.25, 0.3) is 0 Å². The summed E-state index contributed by atoms with van der Waals surface area (Å²) in [4.78, 5) is 30.5. The van der Waals surface area contributed by atoms with Crippen LogP contribution in [0.25, 0.3) is 0 Å². The quantitative estimate of drug-likeness (QED) is 0.368. The van der Waals surface area contributed by atoms with Crippen molar-refractivity contribution in [1.82, 2.24) is 9.80 Å². The number of hydrogen-bond donors (Lipinski definition) is 1. The second-order valence-corrected chi connectivity index (χ2v) is 9.80. The van der Waals surface area contributed by atoms with E-state index in [1.165, 1.54) is 0 Å². The zero-order chi connectivity index (χ0) is 26.3. The molecule has 1 atom stereocenters. The minimum atomic E-state index is -0.696. The summed E-state index contributed by atoms with van der Waals surface area (Å²) in [6, 6.07) is 40.0. The molecule has 4 aromatic rings. The lowest BCUT2D eigenvalue weighted by atomic mass is 9.87. The molecule has 0 bridgehead atoms. The maximum atomic E-state index is 13.8. The summed E-state index contributed by atoms with van der Waals surface area (Å²) in [6.45, 7) is 1.47. The van der Waals surface area contributed by atoms with Gasteiger partial charge < -0.3 is 10.6 Å². The van der Waals surface area contributed by atoms with Gasteiger partial charge in [0.1, 0.15) is 6.04 Å². The molecule has 0 aromatic heterocycles. The van der Waals surface area contributed by atoms with Crippen LogP contribution in [0.5, 0.6) is 0 Å². The lowest BCUT2D eigenvalue weighted by molar-refractivity contribution is -0.143. The number of carbonyl (C=O) groups excluding carboxylic acids is 2. The van der Waals surface area contributed by atoms with Crippen LogP contribution in [0, 0.1) is 0 Å². The fourth-order valence-electron chi connectivity index (χ4n) is 5.56. The number of primary amides is 1. The van der Waals surface area contributed by atoms with E-state index < -0.39 is 11.9 Å². The summed E-state index contributed by atoms with van der Waals surface area (Å²) < 4.78 is 0. The van der Waals surface area contributed by atoms with Crippen LogP contribution in [0.4, 0.5) is 0 Å². The van der Waals surface area contributed by atoms with Gasteiger partial charge in [-0.2, -0.15) is 0 Å². The number of nitrogens with zero attached hydrogens (tertiary/aromatic N) is 2. The van der Waals surface area contributed by atoms with Crippen molar-refractivity contribution in [3.8, 4) is 0 Å². The molecule has 5 rings (SSSR count). The summed E-state index contributed by atoms with van der Waals surface area (Å²) >= 11 is 0. The van der Waals surface area contributed by atoms with E-state index in [0.717, 1.165) is 22.3 Å². The Balaban J connectivity index is 1.40. The first-order valence-electron chi connectivity index (χ1n) is 13.1. The van der Waals surface area contributed by atoms with Crippen molar-refractivity contribution in [3.63, 3.8) is 0 Å². The van der Waals surface area contributed by atoms with Crippen LogP contribution in [-0.2, 0) is 9.59 Å². The molecule has 0 saturated carbocycles. The first-order chi connectivity index (χ1) is 18.6. The van der Waals surface area contributed by atoms with Gasteiger partial charge in [-0.25, -0.2) is 0 Å². The molecule has 0 aliphatic carbocycles. The summed E-state index contributed by atoms with van der Waals surface area (Å²) in [5, 5.41) is 0. The standard InChI is InChI=1S/C33H33N3O2/c34-33(38)30-24-35(32(27-17-9-3-10-18-27)28-19-11-4-12-20-28)21-22-36(30)31(37)23-29(25-13-5-1-6-14-25)26-15-7-2-8-16-26/h1-20,29-30,32H,21-24H2,(H2,34,38). The molecule has 0 spiro atoms. The van der Waals surface area contributed by atoms with Gasteiger partial charge in [-0.15, -0.1) is 0 Å². The Morgan fingerprint density at radius 3 is 1.50 bits per heavy atom. The Labute approximate surface area is 224 Å². The van der Waals surface area contributed by atoms with Crippen LogP contribution in [0.2, 0.25) is 0 Å². The molecule has 1 saturated heterocycles. The van der Waals surface area contributed by atoms with Crippen LogP contribution in [-0.4, -0.2) is 47.3 Å². The zero-order valence-electron chi connectivity index (χ0n) is 21.4. The number of carbonyl (C=O) groups is 2. The van der Waals surface area contributed by atoms with Gasteiger partial charge in [-0.3, -0.25) is 14.5 Å². The molecule has 1 aliphatic heterocycles. The van der Waals surface area contributed by atoms with Gasteiger partial charge in [-0.1, -0.05) is 121 Å². The highest BCUT2D eigenvalue weighted by molar-refractivity contribution is 5.87. The van der Waals surface area contributed by atoms with Crippen molar-refractivity contribution in [2.75, 3.05) is 19.6 Å². The van der Waals surface area contributed by atoms with Crippen LogP contribution >= 0.6 is 0 Å². The maximum Gasteiger partial charge on any atom is 0.241 e. The minimum absolute atomic E-state index is 0.0297. The number of piperazine rings is 1. The maximum absolute atomic E-state index is 13.8. The Bertz CT molecular complexity index is 1250. The third-order valence-corrected chi connectivity index (χ3v) is 7.44. The smallest absolute Gasteiger partial charge is 0.241 e. The molecular formula is C33H33N3O2. The van der Waals surface area contributed by atoms with Gasteiger partial charge in [-0.05, 0) is 22.3 Å². The predicted molar refractivity (Wildman–Crippen MR) is 150 cm³/mol. The Kier molecular flexibility index (Phi) is 7.95. The molecule has 1 fully saturated rings. The minimum Gasteiger partial charge on any atom is -0.368 e. The van der Waals surface area contributed by atoms with E-state index in [1.54, 1.807) is 4.90 Å². The molecule has 1 unspecified atom stereocenters. The molecule has 4 aromatic carbocycles. The summed E-state index contributed by atoms with van der Waals surface area (Å²) in [6.07, 6.45) is 0.276. The molecule has 2 amide bonds. The SMILES string of the molecule is NC(=O)C1CN(C(c2ccccc2)c2ccccc2)CCN1C(=O)CC(c1ccccc1)c1ccccc1. The van der Waals surface area contributed by atoms with Gasteiger partial charge in [0, 0.05) is 32.0 Å². The molecule has 5 heteroatoms. The van der Waals surface area contributed by atoms with E-state index in [4.69, 9.17) is 5.73 Å². The van der Waals surface area contributed by atoms with Crippen molar-refractivity contribution >= 4 is 11.8 Å². The van der Waals surface area contributed by atoms with E-state index >= 15 is 0 Å². The zero-order valence-corrected chi connectivity index (χ0v) is 21.4. The van der Waals surface area contributed by atoms with E-state index in [2.05, 4.69) is 53.4 Å². The molecule has 5 nitrogen and oxygen atoms in total. The number of amides is 2. The number of rotatable bonds is 8. The van der Waals surface area contributed by atoms with Crippen molar-refractivity contribution < 1.29 is 9.59 Å². The van der Waals surface area contributed by atoms with Crippen LogP contribution in [0.1, 0.15) is 40.6 Å². The third kappa shape index (κ3) is 5.68. The molecule has 1 heterocycles. The number of benzene rings is 4. The average molecular weight is 504 g/mol. The first kappa shape index (κ1) is 25.4. The fourth-order valence-corrected chi connectivity index (χ4v) is 5.56. The Hall–Kier alpha value is -4.22. The van der Waals surface area contributed by atoms with Gasteiger partial charge in [0.15, 0.2) is 0 Å². The fraction of sp³-hybridized carbons (Fsp3) is 0.212. The van der Waals surface area contributed by atoms with Crippen LogP contribution < -0.4 is 5.73 Å². The normalized spacial score (nSPS) is 16.1. The third-order valence-electron chi connectivity index (χ3n) is 7.44. The molecule has 38 heavy (non-hydrogen) atoms. The van der Waals surface area contributed by atoms with E-state index in [-0.39, 0.29) is 24.3 Å². The Morgan fingerprint density at radius 1 is 0.658 bits per heavy atom. The lowest BCUT2D eigenvalue weighted by Gasteiger charge is -2.44. The molecule has 0 radical (unpaired) electrons. The molecule has 1 aliphatic rings. The average Bonchev–Trinajstić information content (AvgIpc) is 2.98. The van der Waals surface area contributed by atoms with E-state index in [9.17, 15) is 9.59 Å². The van der Waals surface area contributed by atoms with Crippen molar-refractivity contribution in [1.29, 1.82) is 0 Å². The lowest BCUT2D eigenvalue weighted by Crippen LogP contribution is -2.60. The first-order valence-corrected chi connectivity index (χ1v) is 13.1. The highest BCUT2D eigenvalue weighted by Gasteiger charge is 2.38. The highest BCUT2D eigenvalue weighted by atomic mass is 16.2. The van der Waals surface area contributed by atoms with Crippen molar-refractivity contribution in [3.05, 3.63) is 144 Å². The molecule has 192 valence electrons.